The summed E-state index contributed by atoms with van der Waals surface area (Å²) in [7, 11) is -4.23. The molecule has 0 radical (unpaired) electrons. The van der Waals surface area contributed by atoms with Crippen molar-refractivity contribution in [2.24, 2.45) is 5.41 Å². The molecule has 2 heterocycles. The normalized spacial score (nSPS) is 12.2. The molecule has 0 spiro atoms. The van der Waals surface area contributed by atoms with E-state index in [1.54, 1.807) is 12.3 Å². The Labute approximate surface area is 274 Å². The van der Waals surface area contributed by atoms with Gasteiger partial charge in [-0.2, -0.15) is 4.98 Å². The van der Waals surface area contributed by atoms with Crippen LogP contribution in [-0.4, -0.2) is 52.1 Å². The molecular weight excluding hydrogens is 639 g/mol. The van der Waals surface area contributed by atoms with Crippen LogP contribution in [0.4, 0.5) is 5.95 Å². The second kappa shape index (κ2) is 15.0. The number of halogens is 2. The number of carboxylic acid groups (broad SMARTS) is 1. The van der Waals surface area contributed by atoms with Crippen molar-refractivity contribution in [1.29, 1.82) is 0 Å². The number of nitrogens with zero attached hydrogens (tertiary/aromatic N) is 4. The summed E-state index contributed by atoms with van der Waals surface area (Å²) in [6, 6.07) is 12.4. The summed E-state index contributed by atoms with van der Waals surface area (Å²) in [6.45, 7) is 10.9. The van der Waals surface area contributed by atoms with Crippen LogP contribution in [0, 0.1) is 19.3 Å². The Kier molecular flexibility index (Phi) is 11.8. The third-order valence-electron chi connectivity index (χ3n) is 6.57. The van der Waals surface area contributed by atoms with Crippen molar-refractivity contribution in [1.82, 2.24) is 25.3 Å². The number of sulfonamides is 1. The van der Waals surface area contributed by atoms with Gasteiger partial charge in [0.1, 0.15) is 11.8 Å². The molecule has 14 heteroatoms. The Morgan fingerprint density at radius 3 is 2.36 bits per heavy atom. The van der Waals surface area contributed by atoms with Crippen molar-refractivity contribution in [2.75, 3.05) is 11.3 Å². The van der Waals surface area contributed by atoms with Crippen molar-refractivity contribution in [3.05, 3.63) is 88.5 Å². The zero-order valence-electron chi connectivity index (χ0n) is 25.5. The van der Waals surface area contributed by atoms with Crippen LogP contribution in [0.5, 0.6) is 5.88 Å². The van der Waals surface area contributed by atoms with Gasteiger partial charge in [0, 0.05) is 30.4 Å². The fraction of sp³-hybridized carbons (Fsp3) is 0.323. The van der Waals surface area contributed by atoms with Gasteiger partial charge in [-0.15, -0.1) is 12.4 Å². The molecule has 11 nitrogen and oxygen atoms in total. The SMILES string of the molecule is Cc1cccc(C)c1-c1cc(OC[C@@H](CC(C)(C)C)NCc2cncc(Cl)n2)nc(NS(=O)(=O)c2cccc(C(=O)O)c2)n1.Cl. The number of carboxylic acids is 1. The molecule has 0 saturated heterocycles. The predicted molar refractivity (Wildman–Crippen MR) is 176 cm³/mol. The lowest BCUT2D eigenvalue weighted by atomic mass is 9.88. The minimum Gasteiger partial charge on any atom is -0.478 e. The Balaban J connectivity index is 0.00000552. The highest BCUT2D eigenvalue weighted by molar-refractivity contribution is 7.92. The molecule has 0 aliphatic carbocycles. The first-order valence-electron chi connectivity index (χ1n) is 13.8. The number of aryl methyl sites for hydroxylation is 2. The quantitative estimate of drug-likeness (QED) is 0.160. The van der Waals surface area contributed by atoms with Crippen LogP contribution in [0.25, 0.3) is 11.3 Å². The molecule has 0 saturated carbocycles. The van der Waals surface area contributed by atoms with Crippen LogP contribution in [0.2, 0.25) is 5.15 Å². The number of aromatic carboxylic acids is 1. The average Bonchev–Trinajstić information content (AvgIpc) is 2.93. The second-order valence-electron chi connectivity index (χ2n) is 11.6. The van der Waals surface area contributed by atoms with Crippen molar-refractivity contribution in [3.63, 3.8) is 0 Å². The van der Waals surface area contributed by atoms with Crippen LogP contribution in [0.3, 0.4) is 0 Å². The Bertz CT molecular complexity index is 1750. The van der Waals surface area contributed by atoms with Gasteiger partial charge in [-0.05, 0) is 55.0 Å². The highest BCUT2D eigenvalue weighted by Gasteiger charge is 2.22. The molecule has 2 aromatic heterocycles. The molecule has 4 rings (SSSR count). The van der Waals surface area contributed by atoms with Crippen molar-refractivity contribution < 1.29 is 23.1 Å². The van der Waals surface area contributed by atoms with Gasteiger partial charge < -0.3 is 15.2 Å². The van der Waals surface area contributed by atoms with E-state index < -0.39 is 16.0 Å². The summed E-state index contributed by atoms with van der Waals surface area (Å²) < 4.78 is 35.2. The minimum absolute atomic E-state index is 0. The monoisotopic (exact) mass is 674 g/mol. The molecule has 1 atom stereocenters. The maximum absolute atomic E-state index is 13.3. The summed E-state index contributed by atoms with van der Waals surface area (Å²) >= 11 is 6.00. The fourth-order valence-corrected chi connectivity index (χ4v) is 5.85. The number of nitrogens with one attached hydrogen (secondary N) is 2. The number of rotatable bonds is 12. The van der Waals surface area contributed by atoms with E-state index in [-0.39, 0.29) is 52.8 Å². The van der Waals surface area contributed by atoms with Crippen LogP contribution < -0.4 is 14.8 Å². The van der Waals surface area contributed by atoms with Gasteiger partial charge in [0.25, 0.3) is 10.0 Å². The molecule has 45 heavy (non-hydrogen) atoms. The van der Waals surface area contributed by atoms with Gasteiger partial charge in [0.15, 0.2) is 0 Å². The number of hydrogen-bond donors (Lipinski definition) is 3. The van der Waals surface area contributed by atoms with Gasteiger partial charge in [-0.1, -0.05) is 56.6 Å². The summed E-state index contributed by atoms with van der Waals surface area (Å²) in [5.74, 6) is -1.29. The van der Waals surface area contributed by atoms with E-state index in [0.29, 0.717) is 23.1 Å². The molecule has 0 aliphatic heterocycles. The first-order valence-corrected chi connectivity index (χ1v) is 15.7. The molecule has 0 bridgehead atoms. The van der Waals surface area contributed by atoms with Gasteiger partial charge >= 0.3 is 5.97 Å². The number of benzene rings is 2. The predicted octanol–water partition coefficient (Wildman–Crippen LogP) is 6.10. The highest BCUT2D eigenvalue weighted by atomic mass is 35.5. The van der Waals surface area contributed by atoms with Gasteiger partial charge in [0.2, 0.25) is 11.8 Å². The largest absolute Gasteiger partial charge is 0.478 e. The molecule has 0 fully saturated rings. The first kappa shape index (κ1) is 35.6. The Hall–Kier alpha value is -3.84. The van der Waals surface area contributed by atoms with Crippen molar-refractivity contribution in [2.45, 2.75) is 58.5 Å². The lowest BCUT2D eigenvalue weighted by Crippen LogP contribution is -2.37. The highest BCUT2D eigenvalue weighted by Crippen LogP contribution is 2.30. The second-order valence-corrected chi connectivity index (χ2v) is 13.7. The smallest absolute Gasteiger partial charge is 0.335 e. The number of hydrogen-bond acceptors (Lipinski definition) is 9. The van der Waals surface area contributed by atoms with Crippen LogP contribution in [-0.2, 0) is 16.6 Å². The minimum atomic E-state index is -4.23. The summed E-state index contributed by atoms with van der Waals surface area (Å²) in [6.07, 6.45) is 3.85. The van der Waals surface area contributed by atoms with E-state index in [4.69, 9.17) is 16.3 Å². The molecule has 3 N–H and O–H groups in total. The third-order valence-corrected chi connectivity index (χ3v) is 8.08. The third kappa shape index (κ3) is 10.1. The van der Waals surface area contributed by atoms with E-state index in [9.17, 15) is 18.3 Å². The van der Waals surface area contributed by atoms with E-state index in [2.05, 4.69) is 50.7 Å². The summed E-state index contributed by atoms with van der Waals surface area (Å²) in [4.78, 5) is 28.5. The number of carbonyl (C=O) groups is 1. The molecular formula is C31H36Cl2N6O5S. The van der Waals surface area contributed by atoms with Gasteiger partial charge in [0.05, 0.1) is 28.0 Å². The summed E-state index contributed by atoms with van der Waals surface area (Å²) in [5.41, 5.74) is 3.64. The lowest BCUT2D eigenvalue weighted by Gasteiger charge is -2.27. The van der Waals surface area contributed by atoms with E-state index >= 15 is 0 Å². The Morgan fingerprint density at radius 1 is 1.02 bits per heavy atom. The topological polar surface area (TPSA) is 156 Å². The number of anilines is 1. The van der Waals surface area contributed by atoms with E-state index in [1.807, 2.05) is 32.0 Å². The maximum Gasteiger partial charge on any atom is 0.335 e. The van der Waals surface area contributed by atoms with Crippen molar-refractivity contribution in [3.8, 4) is 17.1 Å². The van der Waals surface area contributed by atoms with E-state index in [1.165, 1.54) is 24.4 Å². The zero-order chi connectivity index (χ0) is 32.1. The zero-order valence-corrected chi connectivity index (χ0v) is 27.9. The number of aromatic nitrogens is 4. The maximum atomic E-state index is 13.3. The van der Waals surface area contributed by atoms with Gasteiger partial charge in [-0.3, -0.25) is 4.98 Å². The summed E-state index contributed by atoms with van der Waals surface area (Å²) in [5, 5.41) is 13.1. The number of ether oxygens (including phenoxy) is 1. The van der Waals surface area contributed by atoms with Crippen LogP contribution in [0.1, 0.15) is 54.4 Å². The van der Waals surface area contributed by atoms with E-state index in [0.717, 1.165) is 29.2 Å². The van der Waals surface area contributed by atoms with Crippen LogP contribution in [0.15, 0.2) is 65.8 Å². The molecule has 0 aliphatic rings. The van der Waals surface area contributed by atoms with Gasteiger partial charge in [-0.25, -0.2) is 27.9 Å². The molecule has 240 valence electrons. The molecule has 4 aromatic rings. The Morgan fingerprint density at radius 2 is 1.71 bits per heavy atom. The molecule has 0 amide bonds. The first-order chi connectivity index (χ1) is 20.7. The standard InChI is InChI=1S/C31H35ClN6O5S.ClH/c1-19-8-6-9-20(2)28(19)25-13-27(37-30(36-25)38-44(41,42)24-11-7-10-21(12-24)29(39)40)43-18-22(14-31(3,4)5)34-16-23-15-33-17-26(32)35-23;/h6-13,15,17,22,34H,14,16,18H2,1-5H3,(H,39,40)(H,36,37,38);1H/t22-;/m1./s1. The fourth-order valence-electron chi connectivity index (χ4n) is 4.70. The van der Waals surface area contributed by atoms with Crippen LogP contribution >= 0.6 is 24.0 Å². The molecule has 2 aromatic carbocycles. The lowest BCUT2D eigenvalue weighted by molar-refractivity contribution is 0.0696. The van der Waals surface area contributed by atoms with Crippen molar-refractivity contribution >= 4 is 45.9 Å². The molecule has 0 unspecified atom stereocenters. The average molecular weight is 676 g/mol.